The molecule has 2 aromatic heterocycles. The van der Waals surface area contributed by atoms with Gasteiger partial charge < -0.3 is 15.0 Å². The number of halogens is 2. The van der Waals surface area contributed by atoms with E-state index in [0.717, 1.165) is 42.3 Å². The lowest BCUT2D eigenvalue weighted by atomic mass is 10.1. The van der Waals surface area contributed by atoms with Crippen LogP contribution in [0.3, 0.4) is 0 Å². The molecule has 3 aromatic rings. The Kier molecular flexibility index (Phi) is 8.69. The van der Waals surface area contributed by atoms with E-state index in [1.165, 1.54) is 11.6 Å². The fourth-order valence-electron chi connectivity index (χ4n) is 2.97. The first kappa shape index (κ1) is 22.1. The summed E-state index contributed by atoms with van der Waals surface area (Å²) in [7, 11) is 0. The van der Waals surface area contributed by atoms with Crippen molar-refractivity contribution in [3.63, 3.8) is 0 Å². The molecule has 0 aliphatic carbocycles. The van der Waals surface area contributed by atoms with Gasteiger partial charge in [-0.2, -0.15) is 0 Å². The summed E-state index contributed by atoms with van der Waals surface area (Å²) in [6.45, 7) is 6.24. The van der Waals surface area contributed by atoms with Gasteiger partial charge in [0.1, 0.15) is 11.5 Å². The molecule has 0 aliphatic heterocycles. The molecule has 0 bridgehead atoms. The highest BCUT2D eigenvalue weighted by Crippen LogP contribution is 2.10. The number of benzene rings is 1. The first-order valence-corrected chi connectivity index (χ1v) is 9.35. The third-order valence-electron chi connectivity index (χ3n) is 4.31. The molecule has 28 heavy (non-hydrogen) atoms. The summed E-state index contributed by atoms with van der Waals surface area (Å²) >= 11 is 0. The molecule has 0 radical (unpaired) electrons. The van der Waals surface area contributed by atoms with Gasteiger partial charge in [-0.15, -0.1) is 24.0 Å². The zero-order valence-electron chi connectivity index (χ0n) is 16.3. The molecule has 7 heteroatoms. The van der Waals surface area contributed by atoms with Crippen LogP contribution in [0.1, 0.15) is 23.7 Å². The number of pyridine rings is 1. The molecule has 150 valence electrons. The Bertz CT molecular complexity index is 922. The SMILES string of the molecule is CCNC(=NCCc1cn2cccc(C)c2n1)NCCc1cccc(F)c1.I. The molecule has 0 unspecified atom stereocenters. The maximum Gasteiger partial charge on any atom is 0.191 e. The molecule has 3 rings (SSSR count). The minimum atomic E-state index is -0.198. The number of aryl methyl sites for hydroxylation is 1. The van der Waals surface area contributed by atoms with Gasteiger partial charge in [-0.25, -0.2) is 9.37 Å². The molecule has 5 nitrogen and oxygen atoms in total. The van der Waals surface area contributed by atoms with Gasteiger partial charge in [-0.05, 0) is 49.6 Å². The second-order valence-electron chi connectivity index (χ2n) is 6.47. The van der Waals surface area contributed by atoms with Gasteiger partial charge in [-0.1, -0.05) is 18.2 Å². The standard InChI is InChI=1S/C21H26FN5.HI/c1-3-23-21(24-11-9-17-7-4-8-18(22)14-17)25-12-10-19-15-27-13-5-6-16(2)20(27)26-19;/h4-8,13-15H,3,9-12H2,1-2H3,(H2,23,24,25);1H. The predicted molar refractivity (Wildman–Crippen MR) is 123 cm³/mol. The van der Waals surface area contributed by atoms with Crippen LogP contribution in [-0.4, -0.2) is 35.0 Å². The molecule has 0 amide bonds. The second kappa shape index (κ2) is 11.0. The lowest BCUT2D eigenvalue weighted by Crippen LogP contribution is -2.38. The Morgan fingerprint density at radius 3 is 2.79 bits per heavy atom. The lowest BCUT2D eigenvalue weighted by molar-refractivity contribution is 0.625. The molecule has 2 N–H and O–H groups in total. The number of nitrogens with zero attached hydrogens (tertiary/aromatic N) is 3. The normalized spacial score (nSPS) is 11.3. The number of nitrogens with one attached hydrogen (secondary N) is 2. The van der Waals surface area contributed by atoms with Gasteiger partial charge >= 0.3 is 0 Å². The Morgan fingerprint density at radius 1 is 1.18 bits per heavy atom. The van der Waals surface area contributed by atoms with Gasteiger partial charge in [-0.3, -0.25) is 4.99 Å². The molecule has 0 fully saturated rings. The summed E-state index contributed by atoms with van der Waals surface area (Å²) in [4.78, 5) is 9.30. The predicted octanol–water partition coefficient (Wildman–Crippen LogP) is 3.74. The summed E-state index contributed by atoms with van der Waals surface area (Å²) in [6.07, 6.45) is 5.60. The van der Waals surface area contributed by atoms with E-state index in [4.69, 9.17) is 0 Å². The van der Waals surface area contributed by atoms with Gasteiger partial charge in [0.2, 0.25) is 0 Å². The minimum Gasteiger partial charge on any atom is -0.357 e. The van der Waals surface area contributed by atoms with Crippen LogP contribution in [0.15, 0.2) is 53.8 Å². The van der Waals surface area contributed by atoms with Crippen molar-refractivity contribution in [3.8, 4) is 0 Å². The summed E-state index contributed by atoms with van der Waals surface area (Å²) in [6, 6.07) is 10.8. The van der Waals surface area contributed by atoms with E-state index in [9.17, 15) is 4.39 Å². The third-order valence-corrected chi connectivity index (χ3v) is 4.31. The first-order chi connectivity index (χ1) is 13.2. The van der Waals surface area contributed by atoms with Gasteiger partial charge in [0.25, 0.3) is 0 Å². The smallest absolute Gasteiger partial charge is 0.191 e. The van der Waals surface area contributed by atoms with E-state index in [-0.39, 0.29) is 29.8 Å². The second-order valence-corrected chi connectivity index (χ2v) is 6.47. The Balaban J connectivity index is 0.00000280. The van der Waals surface area contributed by atoms with Crippen molar-refractivity contribution >= 4 is 35.6 Å². The average Bonchev–Trinajstić information content (AvgIpc) is 3.06. The Labute approximate surface area is 182 Å². The zero-order valence-corrected chi connectivity index (χ0v) is 18.6. The van der Waals surface area contributed by atoms with Crippen LogP contribution >= 0.6 is 24.0 Å². The van der Waals surface area contributed by atoms with Crippen LogP contribution in [0, 0.1) is 12.7 Å². The lowest BCUT2D eigenvalue weighted by Gasteiger charge is -2.11. The number of rotatable bonds is 7. The van der Waals surface area contributed by atoms with E-state index in [0.29, 0.717) is 13.1 Å². The largest absolute Gasteiger partial charge is 0.357 e. The monoisotopic (exact) mass is 495 g/mol. The van der Waals surface area contributed by atoms with Gasteiger partial charge in [0, 0.05) is 38.4 Å². The van der Waals surface area contributed by atoms with Gasteiger partial charge in [0.05, 0.1) is 5.69 Å². The van der Waals surface area contributed by atoms with E-state index < -0.39 is 0 Å². The number of guanidine groups is 1. The minimum absolute atomic E-state index is 0. The van der Waals surface area contributed by atoms with Crippen molar-refractivity contribution in [2.75, 3.05) is 19.6 Å². The molecule has 0 saturated carbocycles. The number of aliphatic imine (C=N–C) groups is 1. The van der Waals surface area contributed by atoms with E-state index in [1.807, 2.05) is 25.3 Å². The fraction of sp³-hybridized carbons (Fsp3) is 0.333. The third kappa shape index (κ3) is 6.19. The molecular weight excluding hydrogens is 468 g/mol. The highest BCUT2D eigenvalue weighted by molar-refractivity contribution is 14.0. The molecule has 1 aromatic carbocycles. The topological polar surface area (TPSA) is 53.7 Å². The van der Waals surface area contributed by atoms with Crippen LogP contribution in [0.25, 0.3) is 5.65 Å². The Morgan fingerprint density at radius 2 is 2.04 bits per heavy atom. The van der Waals surface area contributed by atoms with E-state index >= 15 is 0 Å². The highest BCUT2D eigenvalue weighted by Gasteiger charge is 2.04. The van der Waals surface area contributed by atoms with Crippen LogP contribution in [0.4, 0.5) is 4.39 Å². The molecule has 0 atom stereocenters. The number of aromatic nitrogens is 2. The first-order valence-electron chi connectivity index (χ1n) is 9.35. The Hall–Kier alpha value is -2.16. The summed E-state index contributed by atoms with van der Waals surface area (Å²) < 4.78 is 15.3. The molecular formula is C21H27FIN5. The van der Waals surface area contributed by atoms with Crippen molar-refractivity contribution in [2.45, 2.75) is 26.7 Å². The molecule has 0 spiro atoms. The summed E-state index contributed by atoms with van der Waals surface area (Å²) in [5.74, 6) is 0.574. The summed E-state index contributed by atoms with van der Waals surface area (Å²) in [5.41, 5.74) is 4.17. The van der Waals surface area contributed by atoms with E-state index in [2.05, 4.69) is 44.2 Å². The van der Waals surface area contributed by atoms with Crippen molar-refractivity contribution in [2.24, 2.45) is 4.99 Å². The number of imidazole rings is 1. The molecule has 0 saturated heterocycles. The number of fused-ring (bicyclic) bond motifs is 1. The van der Waals surface area contributed by atoms with Crippen LogP contribution in [0.2, 0.25) is 0 Å². The molecule has 0 aliphatic rings. The van der Waals surface area contributed by atoms with Crippen molar-refractivity contribution in [1.82, 2.24) is 20.0 Å². The maximum atomic E-state index is 13.2. The zero-order chi connectivity index (χ0) is 19.1. The summed E-state index contributed by atoms with van der Waals surface area (Å²) in [5, 5.41) is 6.54. The van der Waals surface area contributed by atoms with Gasteiger partial charge in [0.15, 0.2) is 5.96 Å². The number of hydrogen-bond donors (Lipinski definition) is 2. The maximum absolute atomic E-state index is 13.2. The van der Waals surface area contributed by atoms with Crippen LogP contribution in [0.5, 0.6) is 0 Å². The van der Waals surface area contributed by atoms with E-state index in [1.54, 1.807) is 12.1 Å². The van der Waals surface area contributed by atoms with Crippen molar-refractivity contribution in [1.29, 1.82) is 0 Å². The average molecular weight is 495 g/mol. The highest BCUT2D eigenvalue weighted by atomic mass is 127. The van der Waals surface area contributed by atoms with Crippen LogP contribution < -0.4 is 10.6 Å². The quantitative estimate of drug-likeness (QED) is 0.299. The molecule has 2 heterocycles. The van der Waals surface area contributed by atoms with Crippen molar-refractivity contribution < 1.29 is 4.39 Å². The van der Waals surface area contributed by atoms with Crippen LogP contribution in [-0.2, 0) is 12.8 Å². The number of hydrogen-bond acceptors (Lipinski definition) is 2. The fourth-order valence-corrected chi connectivity index (χ4v) is 2.97. The van der Waals surface area contributed by atoms with Crippen molar-refractivity contribution in [3.05, 3.63) is 71.4 Å².